The summed E-state index contributed by atoms with van der Waals surface area (Å²) in [5.41, 5.74) is 4.37. The molecule has 0 spiro atoms. The fourth-order valence-electron chi connectivity index (χ4n) is 0.938. The van der Waals surface area contributed by atoms with E-state index in [1.807, 2.05) is 0 Å². The number of rotatable bonds is 2. The smallest absolute Gasteiger partial charge is 0.156 e. The minimum Gasteiger partial charge on any atom is -0.744 e. The molecule has 0 atom stereocenters. The van der Waals surface area contributed by atoms with Crippen LogP contribution in [0, 0.1) is 0 Å². The highest BCUT2D eigenvalue weighted by Crippen LogP contribution is 2.31. The van der Waals surface area contributed by atoms with Gasteiger partial charge in [0.15, 0.2) is 5.75 Å². The molecule has 0 bridgehead atoms. The molecule has 1 rings (SSSR count). The van der Waals surface area contributed by atoms with Crippen LogP contribution in [0.3, 0.4) is 0 Å². The first-order chi connectivity index (χ1) is 7.03. The van der Waals surface area contributed by atoms with Gasteiger partial charge >= 0.3 is 0 Å². The summed E-state index contributed by atoms with van der Waals surface area (Å²) < 4.78 is 63.6. The number of hydrogen-bond acceptors (Lipinski definition) is 8. The lowest BCUT2D eigenvalue weighted by molar-refractivity contribution is 0.435. The van der Waals surface area contributed by atoms with E-state index in [9.17, 15) is 25.9 Å². The molecule has 0 radical (unpaired) electrons. The molecule has 0 saturated heterocycles. The maximum atomic E-state index is 10.6. The Balaban J connectivity index is 3.72. The molecule has 0 aliphatic rings. The van der Waals surface area contributed by atoms with Crippen LogP contribution in [0.2, 0.25) is 0 Å². The molecule has 0 heterocycles. The Morgan fingerprint density at radius 1 is 1.06 bits per heavy atom. The van der Waals surface area contributed by atoms with Crippen LogP contribution in [-0.2, 0) is 20.2 Å². The summed E-state index contributed by atoms with van der Waals surface area (Å²) in [5.74, 6) is -1.08. The molecule has 8 nitrogen and oxygen atoms in total. The lowest BCUT2D eigenvalue weighted by atomic mass is 10.3. The predicted octanol–water partition coefficient (Wildman–Crippen LogP) is -1.22. The Bertz CT molecular complexity index is 631. The number of aromatic hydroxyl groups is 1. The summed E-state index contributed by atoms with van der Waals surface area (Å²) >= 11 is 0. The molecule has 90 valence electrons. The van der Waals surface area contributed by atoms with Gasteiger partial charge in [-0.05, 0) is 12.1 Å². The van der Waals surface area contributed by atoms with Gasteiger partial charge in [0, 0.05) is 0 Å². The second-order valence-corrected chi connectivity index (χ2v) is 5.50. The summed E-state index contributed by atoms with van der Waals surface area (Å²) in [6, 6.07) is 0.822. The van der Waals surface area contributed by atoms with E-state index in [0.717, 1.165) is 0 Å². The lowest BCUT2D eigenvalue weighted by Crippen LogP contribution is -2.06. The van der Waals surface area contributed by atoms with Crippen LogP contribution < -0.4 is 5.73 Å². The summed E-state index contributed by atoms with van der Waals surface area (Å²) in [6.45, 7) is 0. The Morgan fingerprint density at radius 2 is 1.56 bits per heavy atom. The quantitative estimate of drug-likeness (QED) is 0.383. The van der Waals surface area contributed by atoms with E-state index in [4.69, 9.17) is 10.8 Å². The van der Waals surface area contributed by atoms with Crippen molar-refractivity contribution in [1.82, 2.24) is 0 Å². The SMILES string of the molecule is Nc1cc(S(=O)(=O)[O-])cc(S(=O)(=O)[O-])c1O. The van der Waals surface area contributed by atoms with Crippen LogP contribution in [0.5, 0.6) is 5.75 Å². The minimum absolute atomic E-state index is 0.260. The van der Waals surface area contributed by atoms with Crippen molar-refractivity contribution >= 4 is 25.9 Å². The van der Waals surface area contributed by atoms with Crippen LogP contribution in [-0.4, -0.2) is 31.0 Å². The molecule has 1 aromatic carbocycles. The second-order valence-electron chi connectivity index (χ2n) is 2.77. The molecule has 0 amide bonds. The number of anilines is 1. The first-order valence-electron chi connectivity index (χ1n) is 3.58. The van der Waals surface area contributed by atoms with Crippen molar-refractivity contribution < 1.29 is 31.0 Å². The summed E-state index contributed by atoms with van der Waals surface area (Å²) in [4.78, 5) is -2.25. The summed E-state index contributed by atoms with van der Waals surface area (Å²) in [7, 11) is -10.1. The summed E-state index contributed by atoms with van der Waals surface area (Å²) in [6.07, 6.45) is 0. The highest BCUT2D eigenvalue weighted by molar-refractivity contribution is 7.86. The zero-order valence-corrected chi connectivity index (χ0v) is 9.08. The molecule has 0 aliphatic carbocycles. The maximum Gasteiger partial charge on any atom is 0.156 e. The standard InChI is InChI=1S/C6H7NO7S2/c7-4-1-3(15(9,10)11)2-5(6(4)8)16(12,13)14/h1-2,8H,7H2,(H,9,10,11)(H,12,13,14)/p-2. The van der Waals surface area contributed by atoms with E-state index >= 15 is 0 Å². The van der Waals surface area contributed by atoms with Crippen molar-refractivity contribution in [3.05, 3.63) is 12.1 Å². The van der Waals surface area contributed by atoms with E-state index in [0.29, 0.717) is 6.07 Å². The second kappa shape index (κ2) is 3.59. The third-order valence-corrected chi connectivity index (χ3v) is 3.30. The fourth-order valence-corrected chi connectivity index (χ4v) is 2.17. The monoisotopic (exact) mass is 267 g/mol. The zero-order valence-electron chi connectivity index (χ0n) is 7.45. The minimum atomic E-state index is -5.12. The fraction of sp³-hybridized carbons (Fsp3) is 0. The Labute approximate surface area is 90.8 Å². The number of phenols is 1. The topological polar surface area (TPSA) is 161 Å². The highest BCUT2D eigenvalue weighted by atomic mass is 32.2. The Hall–Kier alpha value is -1.36. The average Bonchev–Trinajstić information content (AvgIpc) is 2.05. The molecule has 16 heavy (non-hydrogen) atoms. The molecule has 0 aliphatic heterocycles. The van der Waals surface area contributed by atoms with Crippen LogP contribution in [0.25, 0.3) is 0 Å². The molecule has 0 aromatic heterocycles. The molecule has 0 fully saturated rings. The van der Waals surface area contributed by atoms with Gasteiger partial charge in [0.05, 0.1) is 15.5 Å². The molecular weight excluding hydrogens is 262 g/mol. The van der Waals surface area contributed by atoms with Gasteiger partial charge in [0.2, 0.25) is 0 Å². The number of phenolic OH excluding ortho intramolecular Hbond substituents is 1. The summed E-state index contributed by atoms with van der Waals surface area (Å²) in [5, 5.41) is 9.12. The van der Waals surface area contributed by atoms with Crippen molar-refractivity contribution in [2.75, 3.05) is 5.73 Å². The first kappa shape index (κ1) is 12.7. The number of nitrogen functional groups attached to an aromatic ring is 1. The Kier molecular flexibility index (Phi) is 2.85. The molecule has 0 saturated carbocycles. The van der Waals surface area contributed by atoms with Gasteiger partial charge in [0.25, 0.3) is 0 Å². The van der Waals surface area contributed by atoms with Crippen LogP contribution >= 0.6 is 0 Å². The number of benzene rings is 1. The van der Waals surface area contributed by atoms with Gasteiger partial charge in [-0.1, -0.05) is 0 Å². The predicted molar refractivity (Wildman–Crippen MR) is 48.4 cm³/mol. The van der Waals surface area contributed by atoms with Crippen molar-refractivity contribution in [1.29, 1.82) is 0 Å². The zero-order chi connectivity index (χ0) is 12.7. The normalized spacial score (nSPS) is 12.6. The van der Waals surface area contributed by atoms with E-state index in [2.05, 4.69) is 0 Å². The van der Waals surface area contributed by atoms with E-state index < -0.39 is 41.5 Å². The molecule has 0 unspecified atom stereocenters. The van der Waals surface area contributed by atoms with Gasteiger partial charge < -0.3 is 19.9 Å². The first-order valence-corrected chi connectivity index (χ1v) is 6.39. The number of hydrogen-bond donors (Lipinski definition) is 2. The van der Waals surface area contributed by atoms with Crippen LogP contribution in [0.4, 0.5) is 5.69 Å². The molecule has 3 N–H and O–H groups in total. The van der Waals surface area contributed by atoms with E-state index in [-0.39, 0.29) is 6.07 Å². The molecule has 1 aromatic rings. The van der Waals surface area contributed by atoms with Gasteiger partial charge in [-0.2, -0.15) is 0 Å². The van der Waals surface area contributed by atoms with Crippen molar-refractivity contribution in [3.8, 4) is 5.75 Å². The van der Waals surface area contributed by atoms with Crippen LogP contribution in [0.15, 0.2) is 21.9 Å². The third-order valence-electron chi connectivity index (χ3n) is 1.64. The van der Waals surface area contributed by atoms with Gasteiger partial charge in [-0.15, -0.1) is 0 Å². The van der Waals surface area contributed by atoms with Crippen molar-refractivity contribution in [3.63, 3.8) is 0 Å². The lowest BCUT2D eigenvalue weighted by Gasteiger charge is -2.14. The van der Waals surface area contributed by atoms with Crippen LogP contribution in [0.1, 0.15) is 0 Å². The van der Waals surface area contributed by atoms with Gasteiger partial charge in [-0.3, -0.25) is 0 Å². The average molecular weight is 267 g/mol. The number of nitrogens with two attached hydrogens (primary N) is 1. The maximum absolute atomic E-state index is 10.6. The molecule has 10 heteroatoms. The van der Waals surface area contributed by atoms with Gasteiger partial charge in [-0.25, -0.2) is 16.8 Å². The van der Waals surface area contributed by atoms with E-state index in [1.165, 1.54) is 0 Å². The van der Waals surface area contributed by atoms with Crippen molar-refractivity contribution in [2.24, 2.45) is 0 Å². The van der Waals surface area contributed by atoms with E-state index in [1.54, 1.807) is 0 Å². The third kappa shape index (κ3) is 2.41. The molecular formula is C6H5NO7S2-2. The van der Waals surface area contributed by atoms with Crippen molar-refractivity contribution in [2.45, 2.75) is 9.79 Å². The highest BCUT2D eigenvalue weighted by Gasteiger charge is 2.15. The Morgan fingerprint density at radius 3 is 1.94 bits per heavy atom. The largest absolute Gasteiger partial charge is 0.744 e. The van der Waals surface area contributed by atoms with Gasteiger partial charge in [0.1, 0.15) is 20.2 Å².